The molecule has 1 heterocycles. The SMILES string of the molecule is O=Nc1ccc2ccccc2c1N=Nc1cccc2c1N=CCC2. The predicted octanol–water partition coefficient (Wildman–Crippen LogP) is 6.30. The summed E-state index contributed by atoms with van der Waals surface area (Å²) in [4.78, 5) is 15.6. The first kappa shape index (κ1) is 14.4. The zero-order valence-corrected chi connectivity index (χ0v) is 12.9. The maximum atomic E-state index is 11.1. The van der Waals surface area contributed by atoms with Crippen molar-refractivity contribution < 1.29 is 0 Å². The normalized spacial score (nSPS) is 13.3. The molecule has 0 atom stereocenters. The van der Waals surface area contributed by atoms with E-state index in [-0.39, 0.29) is 5.69 Å². The van der Waals surface area contributed by atoms with Crippen molar-refractivity contribution in [2.45, 2.75) is 12.8 Å². The summed E-state index contributed by atoms with van der Waals surface area (Å²) in [5.74, 6) is 0. The molecule has 1 aliphatic heterocycles. The fraction of sp³-hybridized carbons (Fsp3) is 0.105. The Morgan fingerprint density at radius 1 is 0.875 bits per heavy atom. The zero-order valence-electron chi connectivity index (χ0n) is 12.9. The zero-order chi connectivity index (χ0) is 16.4. The van der Waals surface area contributed by atoms with Gasteiger partial charge in [-0.3, -0.25) is 4.99 Å². The Labute approximate surface area is 138 Å². The molecule has 0 amide bonds. The highest BCUT2D eigenvalue weighted by Gasteiger charge is 2.11. The van der Waals surface area contributed by atoms with Crippen molar-refractivity contribution in [2.24, 2.45) is 20.4 Å². The van der Waals surface area contributed by atoms with Gasteiger partial charge in [-0.15, -0.1) is 15.1 Å². The van der Waals surface area contributed by atoms with E-state index in [1.807, 2.05) is 48.7 Å². The van der Waals surface area contributed by atoms with Crippen LogP contribution in [-0.2, 0) is 6.42 Å². The van der Waals surface area contributed by atoms with Gasteiger partial charge in [0.25, 0.3) is 0 Å². The number of hydrogen-bond donors (Lipinski definition) is 0. The topological polar surface area (TPSA) is 66.5 Å². The van der Waals surface area contributed by atoms with Gasteiger partial charge in [-0.05, 0) is 41.1 Å². The molecule has 0 bridgehead atoms. The molecule has 0 spiro atoms. The van der Waals surface area contributed by atoms with E-state index in [0.29, 0.717) is 11.4 Å². The maximum absolute atomic E-state index is 11.1. The first-order valence-electron chi connectivity index (χ1n) is 7.78. The van der Waals surface area contributed by atoms with Crippen LogP contribution in [0.2, 0.25) is 0 Å². The van der Waals surface area contributed by atoms with Crippen molar-refractivity contribution in [3.8, 4) is 0 Å². The fourth-order valence-corrected chi connectivity index (χ4v) is 2.91. The van der Waals surface area contributed by atoms with E-state index in [1.165, 1.54) is 5.56 Å². The van der Waals surface area contributed by atoms with E-state index in [2.05, 4.69) is 26.5 Å². The third-order valence-corrected chi connectivity index (χ3v) is 4.10. The van der Waals surface area contributed by atoms with E-state index >= 15 is 0 Å². The predicted molar refractivity (Wildman–Crippen MR) is 96.5 cm³/mol. The summed E-state index contributed by atoms with van der Waals surface area (Å²) in [6, 6.07) is 17.2. The van der Waals surface area contributed by atoms with Gasteiger partial charge in [-0.2, -0.15) is 0 Å². The number of nitrogens with zero attached hydrogens (tertiary/aromatic N) is 4. The lowest BCUT2D eigenvalue weighted by atomic mass is 10.0. The Bertz CT molecular complexity index is 992. The highest BCUT2D eigenvalue weighted by atomic mass is 16.3. The molecule has 0 radical (unpaired) electrons. The van der Waals surface area contributed by atoms with Crippen LogP contribution in [0, 0.1) is 4.91 Å². The molecule has 0 aromatic heterocycles. The number of azo groups is 1. The first-order chi connectivity index (χ1) is 11.9. The van der Waals surface area contributed by atoms with Gasteiger partial charge in [0.15, 0.2) is 0 Å². The smallest absolute Gasteiger partial charge is 0.136 e. The third-order valence-electron chi connectivity index (χ3n) is 4.10. The van der Waals surface area contributed by atoms with Gasteiger partial charge in [-0.25, -0.2) is 0 Å². The Morgan fingerprint density at radius 3 is 2.71 bits per heavy atom. The number of para-hydroxylation sites is 1. The molecular formula is C19H14N4O. The molecule has 0 unspecified atom stereocenters. The standard InChI is InChI=1S/C19H14N4O/c24-23-17-11-10-13-5-1-2-8-15(13)19(17)22-21-16-9-3-6-14-7-4-12-20-18(14)16/h1-3,5-6,8-12H,4,7H2. The molecule has 0 N–H and O–H groups in total. The highest BCUT2D eigenvalue weighted by molar-refractivity contribution is 5.97. The van der Waals surface area contributed by atoms with Crippen LogP contribution in [0.4, 0.5) is 22.7 Å². The minimum Gasteiger partial charge on any atom is -0.259 e. The van der Waals surface area contributed by atoms with Crippen LogP contribution < -0.4 is 0 Å². The average molecular weight is 314 g/mol. The molecule has 1 aliphatic rings. The fourth-order valence-electron chi connectivity index (χ4n) is 2.91. The van der Waals surface area contributed by atoms with Crippen molar-refractivity contribution in [3.05, 3.63) is 65.1 Å². The second-order valence-electron chi connectivity index (χ2n) is 5.58. The number of benzene rings is 3. The molecule has 3 aromatic rings. The largest absolute Gasteiger partial charge is 0.259 e. The lowest BCUT2D eigenvalue weighted by Crippen LogP contribution is -1.92. The molecule has 0 saturated heterocycles. The Balaban J connectivity index is 1.85. The van der Waals surface area contributed by atoms with Crippen LogP contribution in [0.1, 0.15) is 12.0 Å². The van der Waals surface area contributed by atoms with Crippen molar-refractivity contribution in [1.82, 2.24) is 0 Å². The third kappa shape index (κ3) is 2.50. The van der Waals surface area contributed by atoms with Crippen LogP contribution in [-0.4, -0.2) is 6.21 Å². The number of nitroso groups, excluding NO2 is 1. The van der Waals surface area contributed by atoms with Crippen LogP contribution in [0.15, 0.2) is 75.0 Å². The molecule has 0 saturated carbocycles. The van der Waals surface area contributed by atoms with Crippen LogP contribution >= 0.6 is 0 Å². The number of hydrogen-bond acceptors (Lipinski definition) is 5. The Kier molecular flexibility index (Phi) is 3.67. The molecule has 4 rings (SSSR count). The summed E-state index contributed by atoms with van der Waals surface area (Å²) in [7, 11) is 0. The summed E-state index contributed by atoms with van der Waals surface area (Å²) in [6.45, 7) is 0. The highest BCUT2D eigenvalue weighted by Crippen LogP contribution is 2.39. The van der Waals surface area contributed by atoms with Crippen LogP contribution in [0.25, 0.3) is 10.8 Å². The summed E-state index contributed by atoms with van der Waals surface area (Å²) >= 11 is 0. The van der Waals surface area contributed by atoms with Gasteiger partial charge in [-0.1, -0.05) is 42.5 Å². The molecule has 5 nitrogen and oxygen atoms in total. The minimum absolute atomic E-state index is 0.283. The van der Waals surface area contributed by atoms with Crippen molar-refractivity contribution >= 4 is 39.7 Å². The van der Waals surface area contributed by atoms with Gasteiger partial charge in [0.1, 0.15) is 17.1 Å². The number of rotatable bonds is 3. The summed E-state index contributed by atoms with van der Waals surface area (Å²) in [5, 5.41) is 13.6. The monoisotopic (exact) mass is 314 g/mol. The quantitative estimate of drug-likeness (QED) is 0.413. The van der Waals surface area contributed by atoms with Crippen molar-refractivity contribution in [1.29, 1.82) is 0 Å². The molecular weight excluding hydrogens is 300 g/mol. The Hall–Kier alpha value is -3.21. The van der Waals surface area contributed by atoms with Gasteiger partial charge in [0, 0.05) is 11.6 Å². The van der Waals surface area contributed by atoms with Gasteiger partial charge >= 0.3 is 0 Å². The van der Waals surface area contributed by atoms with Crippen LogP contribution in [0.3, 0.4) is 0 Å². The lowest BCUT2D eigenvalue weighted by molar-refractivity contribution is 1.02. The van der Waals surface area contributed by atoms with E-state index in [4.69, 9.17) is 0 Å². The number of aryl methyl sites for hydroxylation is 1. The Morgan fingerprint density at radius 2 is 1.79 bits per heavy atom. The molecule has 116 valence electrons. The van der Waals surface area contributed by atoms with E-state index in [9.17, 15) is 4.91 Å². The summed E-state index contributed by atoms with van der Waals surface area (Å²) < 4.78 is 0. The van der Waals surface area contributed by atoms with Gasteiger partial charge < -0.3 is 0 Å². The van der Waals surface area contributed by atoms with E-state index in [1.54, 1.807) is 6.07 Å². The lowest BCUT2D eigenvalue weighted by Gasteiger charge is -2.10. The average Bonchev–Trinajstić information content (AvgIpc) is 2.66. The summed E-state index contributed by atoms with van der Waals surface area (Å²) in [6.07, 6.45) is 3.80. The van der Waals surface area contributed by atoms with Crippen molar-refractivity contribution in [2.75, 3.05) is 0 Å². The minimum atomic E-state index is 0.283. The van der Waals surface area contributed by atoms with E-state index in [0.717, 1.165) is 29.3 Å². The molecule has 0 aliphatic carbocycles. The van der Waals surface area contributed by atoms with Crippen LogP contribution in [0.5, 0.6) is 0 Å². The van der Waals surface area contributed by atoms with Crippen molar-refractivity contribution in [3.63, 3.8) is 0 Å². The number of aliphatic imine (C=N–C) groups is 1. The molecule has 0 fully saturated rings. The summed E-state index contributed by atoms with van der Waals surface area (Å²) in [5.41, 5.74) is 3.49. The molecule has 3 aromatic carbocycles. The maximum Gasteiger partial charge on any atom is 0.136 e. The first-order valence-corrected chi connectivity index (χ1v) is 7.78. The van der Waals surface area contributed by atoms with E-state index < -0.39 is 0 Å². The van der Waals surface area contributed by atoms with Gasteiger partial charge in [0.2, 0.25) is 0 Å². The molecule has 5 heteroatoms. The van der Waals surface area contributed by atoms with Gasteiger partial charge in [0.05, 0.1) is 5.69 Å². The number of fused-ring (bicyclic) bond motifs is 2. The molecule has 24 heavy (non-hydrogen) atoms. The second kappa shape index (κ2) is 6.12. The second-order valence-corrected chi connectivity index (χ2v) is 5.58.